The van der Waals surface area contributed by atoms with Crippen LogP contribution in [0.5, 0.6) is 11.5 Å². The van der Waals surface area contributed by atoms with Crippen LogP contribution in [-0.4, -0.2) is 19.5 Å². The van der Waals surface area contributed by atoms with Crippen molar-refractivity contribution in [3.63, 3.8) is 0 Å². The van der Waals surface area contributed by atoms with Gasteiger partial charge in [0.25, 0.3) is 0 Å². The number of Topliss-reactive ketones (excluding diaryl/α,β-unsaturated/α-hetero) is 1. The predicted octanol–water partition coefficient (Wildman–Crippen LogP) is 3.66. The number of carbonyl (C=O) groups is 1. The van der Waals surface area contributed by atoms with Crippen molar-refractivity contribution in [3.05, 3.63) is 64.7 Å². The Morgan fingerprint density at radius 2 is 1.95 bits per heavy atom. The molecule has 1 aliphatic heterocycles. The van der Waals surface area contributed by atoms with Crippen LogP contribution in [0, 0.1) is 6.92 Å². The number of ether oxygens (including phenoxy) is 2. The number of benzene rings is 2. The molecule has 0 amide bonds. The summed E-state index contributed by atoms with van der Waals surface area (Å²) >= 11 is 0. The first kappa shape index (κ1) is 13.4. The van der Waals surface area contributed by atoms with Crippen LogP contribution in [-0.2, 0) is 0 Å². The molecule has 0 saturated carbocycles. The van der Waals surface area contributed by atoms with Gasteiger partial charge in [-0.05, 0) is 36.3 Å². The Labute approximate surface area is 123 Å². The Morgan fingerprint density at radius 1 is 1.19 bits per heavy atom. The topological polar surface area (TPSA) is 35.5 Å². The molecule has 0 fully saturated rings. The Balaban J connectivity index is 2.03. The zero-order valence-corrected chi connectivity index (χ0v) is 12.1. The van der Waals surface area contributed by atoms with E-state index in [2.05, 4.69) is 0 Å². The van der Waals surface area contributed by atoms with Crippen LogP contribution in [0.4, 0.5) is 0 Å². The first-order valence-electron chi connectivity index (χ1n) is 6.81. The molecule has 1 aliphatic rings. The van der Waals surface area contributed by atoms with Gasteiger partial charge >= 0.3 is 0 Å². The van der Waals surface area contributed by atoms with E-state index in [4.69, 9.17) is 9.47 Å². The minimum atomic E-state index is 0.00195. The molecule has 21 heavy (non-hydrogen) atoms. The fraction of sp³-hybridized carbons (Fsp3) is 0.167. The first-order valence-corrected chi connectivity index (χ1v) is 6.81. The Morgan fingerprint density at radius 3 is 2.67 bits per heavy atom. The number of hydrogen-bond donors (Lipinski definition) is 0. The Kier molecular flexibility index (Phi) is 3.48. The molecule has 0 aromatic heterocycles. The summed E-state index contributed by atoms with van der Waals surface area (Å²) in [5.41, 5.74) is 3.19. The van der Waals surface area contributed by atoms with Crippen LogP contribution in [0.25, 0.3) is 6.08 Å². The maximum atomic E-state index is 12.6. The molecular formula is C18H16O3. The van der Waals surface area contributed by atoms with Crippen molar-refractivity contribution in [1.82, 2.24) is 0 Å². The van der Waals surface area contributed by atoms with E-state index in [1.165, 1.54) is 0 Å². The highest BCUT2D eigenvalue weighted by atomic mass is 16.5. The monoisotopic (exact) mass is 280 g/mol. The lowest BCUT2D eigenvalue weighted by Gasteiger charge is -2.21. The Bertz CT molecular complexity index is 715. The van der Waals surface area contributed by atoms with Gasteiger partial charge in [-0.2, -0.15) is 0 Å². The average Bonchev–Trinajstić information content (AvgIpc) is 2.51. The molecule has 0 bridgehead atoms. The molecule has 2 aromatic rings. The second-order valence-corrected chi connectivity index (χ2v) is 5.04. The lowest BCUT2D eigenvalue weighted by atomic mass is 9.96. The molecule has 2 aromatic carbocycles. The summed E-state index contributed by atoms with van der Waals surface area (Å²) in [7, 11) is 1.58. The van der Waals surface area contributed by atoms with Gasteiger partial charge in [-0.1, -0.05) is 30.3 Å². The molecule has 3 nitrogen and oxygen atoms in total. The SMILES string of the molecule is COc1cc(C)cc2c1OCC(=Cc1ccccc1)C2=O. The normalized spacial score (nSPS) is 15.5. The highest BCUT2D eigenvalue weighted by molar-refractivity contribution is 6.14. The maximum Gasteiger partial charge on any atom is 0.196 e. The summed E-state index contributed by atoms with van der Waals surface area (Å²) in [6.07, 6.45) is 1.88. The number of ketones is 1. The molecule has 0 saturated heterocycles. The number of fused-ring (bicyclic) bond motifs is 1. The van der Waals surface area contributed by atoms with E-state index in [9.17, 15) is 4.79 Å². The molecule has 0 N–H and O–H groups in total. The second kappa shape index (κ2) is 5.44. The molecule has 0 unspecified atom stereocenters. The summed E-state index contributed by atoms with van der Waals surface area (Å²) in [5.74, 6) is 1.15. The number of aryl methyl sites for hydroxylation is 1. The van der Waals surface area contributed by atoms with Gasteiger partial charge in [0.15, 0.2) is 17.3 Å². The number of carbonyl (C=O) groups excluding carboxylic acids is 1. The average molecular weight is 280 g/mol. The second-order valence-electron chi connectivity index (χ2n) is 5.04. The minimum absolute atomic E-state index is 0.00195. The molecule has 0 atom stereocenters. The molecule has 3 heteroatoms. The van der Waals surface area contributed by atoms with Crippen molar-refractivity contribution in [3.8, 4) is 11.5 Å². The summed E-state index contributed by atoms with van der Waals surface area (Å²) in [6, 6.07) is 13.5. The number of methoxy groups -OCH3 is 1. The molecule has 3 rings (SSSR count). The quantitative estimate of drug-likeness (QED) is 0.787. The highest BCUT2D eigenvalue weighted by Gasteiger charge is 2.26. The fourth-order valence-corrected chi connectivity index (χ4v) is 2.46. The van der Waals surface area contributed by atoms with Gasteiger partial charge in [0.05, 0.1) is 12.7 Å². The number of rotatable bonds is 2. The van der Waals surface area contributed by atoms with Gasteiger partial charge in [-0.25, -0.2) is 0 Å². The van der Waals surface area contributed by atoms with Crippen molar-refractivity contribution >= 4 is 11.9 Å². The lowest BCUT2D eigenvalue weighted by Crippen LogP contribution is -2.19. The van der Waals surface area contributed by atoms with E-state index in [0.717, 1.165) is 11.1 Å². The third-order valence-electron chi connectivity index (χ3n) is 3.47. The van der Waals surface area contributed by atoms with Crippen LogP contribution in [0.3, 0.4) is 0 Å². The summed E-state index contributed by atoms with van der Waals surface area (Å²) in [4.78, 5) is 12.6. The van der Waals surface area contributed by atoms with Gasteiger partial charge < -0.3 is 9.47 Å². The molecule has 1 heterocycles. The predicted molar refractivity (Wildman–Crippen MR) is 82.0 cm³/mol. The molecular weight excluding hydrogens is 264 g/mol. The lowest BCUT2D eigenvalue weighted by molar-refractivity contribution is 0.0998. The zero-order valence-electron chi connectivity index (χ0n) is 12.1. The van der Waals surface area contributed by atoms with Gasteiger partial charge in [-0.15, -0.1) is 0 Å². The molecule has 0 radical (unpaired) electrons. The smallest absolute Gasteiger partial charge is 0.196 e. The van der Waals surface area contributed by atoms with Crippen molar-refractivity contribution in [2.75, 3.05) is 13.7 Å². The highest BCUT2D eigenvalue weighted by Crippen LogP contribution is 2.37. The first-order chi connectivity index (χ1) is 10.2. The van der Waals surface area contributed by atoms with Gasteiger partial charge in [0.2, 0.25) is 0 Å². The molecule has 0 spiro atoms. The summed E-state index contributed by atoms with van der Waals surface area (Å²) in [6.45, 7) is 2.20. The fourth-order valence-electron chi connectivity index (χ4n) is 2.46. The third kappa shape index (κ3) is 2.55. The molecule has 106 valence electrons. The third-order valence-corrected chi connectivity index (χ3v) is 3.47. The largest absolute Gasteiger partial charge is 0.493 e. The Hall–Kier alpha value is -2.55. The van der Waals surface area contributed by atoms with Crippen LogP contribution >= 0.6 is 0 Å². The van der Waals surface area contributed by atoms with Crippen molar-refractivity contribution < 1.29 is 14.3 Å². The van der Waals surface area contributed by atoms with E-state index in [1.54, 1.807) is 7.11 Å². The number of hydrogen-bond acceptors (Lipinski definition) is 3. The maximum absolute atomic E-state index is 12.6. The van der Waals surface area contributed by atoms with Crippen LogP contribution in [0.2, 0.25) is 0 Å². The standard InChI is InChI=1S/C18H16O3/c1-12-8-15-17(19)14(10-13-6-4-3-5-7-13)11-21-18(15)16(9-12)20-2/h3-10H,11H2,1-2H3. The summed E-state index contributed by atoms with van der Waals surface area (Å²) < 4.78 is 11.0. The van der Waals surface area contributed by atoms with Gasteiger partial charge in [-0.3, -0.25) is 4.79 Å². The van der Waals surface area contributed by atoms with Crippen LogP contribution in [0.15, 0.2) is 48.0 Å². The van der Waals surface area contributed by atoms with E-state index in [1.807, 2.05) is 55.5 Å². The van der Waals surface area contributed by atoms with E-state index in [-0.39, 0.29) is 12.4 Å². The van der Waals surface area contributed by atoms with Gasteiger partial charge in [0.1, 0.15) is 6.61 Å². The van der Waals surface area contributed by atoms with E-state index in [0.29, 0.717) is 22.6 Å². The van der Waals surface area contributed by atoms with Crippen LogP contribution < -0.4 is 9.47 Å². The molecule has 0 aliphatic carbocycles. The van der Waals surface area contributed by atoms with Crippen molar-refractivity contribution in [1.29, 1.82) is 0 Å². The van der Waals surface area contributed by atoms with Gasteiger partial charge in [0, 0.05) is 5.57 Å². The van der Waals surface area contributed by atoms with E-state index >= 15 is 0 Å². The van der Waals surface area contributed by atoms with Crippen LogP contribution in [0.1, 0.15) is 21.5 Å². The minimum Gasteiger partial charge on any atom is -0.493 e. The zero-order chi connectivity index (χ0) is 14.8. The van der Waals surface area contributed by atoms with Crippen molar-refractivity contribution in [2.24, 2.45) is 0 Å². The van der Waals surface area contributed by atoms with E-state index < -0.39 is 0 Å². The summed E-state index contributed by atoms with van der Waals surface area (Å²) in [5, 5.41) is 0. The van der Waals surface area contributed by atoms with Crippen molar-refractivity contribution in [2.45, 2.75) is 6.92 Å².